The molecule has 0 aliphatic heterocycles. The van der Waals surface area contributed by atoms with Gasteiger partial charge in [-0.05, 0) is 77.0 Å². The van der Waals surface area contributed by atoms with Crippen molar-refractivity contribution < 1.29 is 28.6 Å². The Balaban J connectivity index is 4.13. The van der Waals surface area contributed by atoms with Crippen LogP contribution < -0.4 is 0 Å². The van der Waals surface area contributed by atoms with E-state index in [4.69, 9.17) is 14.2 Å². The van der Waals surface area contributed by atoms with E-state index in [0.29, 0.717) is 19.3 Å². The van der Waals surface area contributed by atoms with Crippen LogP contribution in [0.25, 0.3) is 0 Å². The van der Waals surface area contributed by atoms with Crippen molar-refractivity contribution in [1.29, 1.82) is 0 Å². The smallest absolute Gasteiger partial charge is 0.306 e. The van der Waals surface area contributed by atoms with Crippen molar-refractivity contribution in [2.45, 2.75) is 412 Å². The summed E-state index contributed by atoms with van der Waals surface area (Å²) in [6.45, 7) is 6.58. The zero-order valence-corrected chi connectivity index (χ0v) is 56.0. The summed E-state index contributed by atoms with van der Waals surface area (Å²) in [7, 11) is 0. The summed E-state index contributed by atoms with van der Waals surface area (Å²) in [5.74, 6) is -0.873. The van der Waals surface area contributed by atoms with Crippen molar-refractivity contribution in [3.05, 3.63) is 48.6 Å². The average molecular weight is 1160 g/mol. The topological polar surface area (TPSA) is 78.9 Å². The van der Waals surface area contributed by atoms with Crippen molar-refractivity contribution >= 4 is 17.9 Å². The number of esters is 3. The molecule has 0 aromatic carbocycles. The lowest BCUT2D eigenvalue weighted by molar-refractivity contribution is -0.167. The second-order valence-corrected chi connectivity index (χ2v) is 25.2. The first kappa shape index (κ1) is 80.4. The minimum atomic E-state index is -0.783. The van der Waals surface area contributed by atoms with Crippen LogP contribution >= 0.6 is 0 Å². The van der Waals surface area contributed by atoms with E-state index >= 15 is 0 Å². The summed E-state index contributed by atoms with van der Waals surface area (Å²) in [6.07, 6.45) is 91.7. The van der Waals surface area contributed by atoms with E-state index in [1.807, 2.05) is 0 Å². The zero-order chi connectivity index (χ0) is 59.9. The fraction of sp³-hybridized carbons (Fsp3) is 0.857. The molecule has 0 bridgehead atoms. The highest BCUT2D eigenvalue weighted by Gasteiger charge is 2.19. The zero-order valence-electron chi connectivity index (χ0n) is 56.0. The van der Waals surface area contributed by atoms with E-state index in [2.05, 4.69) is 69.4 Å². The highest BCUT2D eigenvalue weighted by molar-refractivity contribution is 5.71. The number of carbonyl (C=O) groups is 3. The monoisotopic (exact) mass is 1160 g/mol. The molecule has 0 aromatic rings. The van der Waals surface area contributed by atoms with E-state index in [1.54, 1.807) is 0 Å². The van der Waals surface area contributed by atoms with Crippen LogP contribution in [0.3, 0.4) is 0 Å². The molecule has 486 valence electrons. The molecule has 83 heavy (non-hydrogen) atoms. The summed E-state index contributed by atoms with van der Waals surface area (Å²) < 4.78 is 17.0. The maximum atomic E-state index is 12.9. The van der Waals surface area contributed by atoms with Crippen molar-refractivity contribution in [2.24, 2.45) is 0 Å². The predicted molar refractivity (Wildman–Crippen MR) is 362 cm³/mol. The molecule has 0 aliphatic rings. The lowest BCUT2D eigenvalue weighted by Gasteiger charge is -2.18. The highest BCUT2D eigenvalue weighted by Crippen LogP contribution is 2.19. The maximum Gasteiger partial charge on any atom is 0.306 e. The molecule has 1 unspecified atom stereocenters. The Morgan fingerprint density at radius 3 is 0.747 bits per heavy atom. The normalized spacial score (nSPS) is 12.3. The summed E-state index contributed by atoms with van der Waals surface area (Å²) in [5.41, 5.74) is 0. The second-order valence-electron chi connectivity index (χ2n) is 25.2. The minimum absolute atomic E-state index is 0.0766. The van der Waals surface area contributed by atoms with E-state index in [0.717, 1.165) is 96.3 Å². The van der Waals surface area contributed by atoms with E-state index < -0.39 is 6.10 Å². The van der Waals surface area contributed by atoms with E-state index in [9.17, 15) is 14.4 Å². The molecule has 0 aliphatic carbocycles. The Morgan fingerprint density at radius 1 is 0.253 bits per heavy atom. The molecule has 0 saturated carbocycles. The van der Waals surface area contributed by atoms with Crippen LogP contribution in [0.4, 0.5) is 0 Å². The van der Waals surface area contributed by atoms with Gasteiger partial charge in [0.05, 0.1) is 0 Å². The first-order chi connectivity index (χ1) is 41.0. The van der Waals surface area contributed by atoms with Gasteiger partial charge in [0.1, 0.15) is 13.2 Å². The number of rotatable bonds is 69. The molecule has 0 heterocycles. The largest absolute Gasteiger partial charge is 0.462 e. The second kappa shape index (κ2) is 71.8. The fourth-order valence-corrected chi connectivity index (χ4v) is 11.3. The predicted octanol–water partition coefficient (Wildman–Crippen LogP) is 25.7. The molecule has 0 radical (unpaired) electrons. The molecular formula is C77H142O6. The number of carbonyl (C=O) groups excluding carboxylic acids is 3. The van der Waals surface area contributed by atoms with Crippen LogP contribution in [0.5, 0.6) is 0 Å². The van der Waals surface area contributed by atoms with Gasteiger partial charge >= 0.3 is 17.9 Å². The summed E-state index contributed by atoms with van der Waals surface area (Å²) in [4.78, 5) is 38.4. The minimum Gasteiger partial charge on any atom is -0.462 e. The highest BCUT2D eigenvalue weighted by atomic mass is 16.6. The fourth-order valence-electron chi connectivity index (χ4n) is 11.3. The van der Waals surface area contributed by atoms with Crippen LogP contribution in [-0.4, -0.2) is 37.2 Å². The lowest BCUT2D eigenvalue weighted by Crippen LogP contribution is -2.30. The third kappa shape index (κ3) is 70.0. The van der Waals surface area contributed by atoms with E-state index in [1.165, 1.54) is 270 Å². The van der Waals surface area contributed by atoms with Crippen LogP contribution in [0.15, 0.2) is 48.6 Å². The molecular weight excluding hydrogens is 1020 g/mol. The van der Waals surface area contributed by atoms with Gasteiger partial charge in [-0.25, -0.2) is 0 Å². The summed E-state index contributed by atoms with van der Waals surface area (Å²) >= 11 is 0. The molecule has 6 nitrogen and oxygen atoms in total. The lowest BCUT2D eigenvalue weighted by atomic mass is 10.0. The van der Waals surface area contributed by atoms with Crippen molar-refractivity contribution in [3.8, 4) is 0 Å². The van der Waals surface area contributed by atoms with Gasteiger partial charge in [0, 0.05) is 19.3 Å². The van der Waals surface area contributed by atoms with Gasteiger partial charge in [-0.15, -0.1) is 0 Å². The van der Waals surface area contributed by atoms with Gasteiger partial charge in [-0.3, -0.25) is 14.4 Å². The first-order valence-corrected chi connectivity index (χ1v) is 37.1. The van der Waals surface area contributed by atoms with Crippen LogP contribution in [0, 0.1) is 0 Å². The van der Waals surface area contributed by atoms with Crippen LogP contribution in [0.2, 0.25) is 0 Å². The SMILES string of the molecule is CC/C=C\C/C=C\C/C=C\CCCCCCCC(=O)OCC(COC(=O)CCCCCCCCCCCCCCCCCCCCCCCCCCCCCCCCCCC)OC(=O)CCCCCCCCC/C=C\CCCCCCCC. The Kier molecular flexibility index (Phi) is 69.6. The molecule has 6 heteroatoms. The van der Waals surface area contributed by atoms with Gasteiger partial charge in [0.2, 0.25) is 0 Å². The molecule has 0 rings (SSSR count). The molecule has 0 amide bonds. The van der Waals surface area contributed by atoms with Crippen LogP contribution in [-0.2, 0) is 28.6 Å². The van der Waals surface area contributed by atoms with E-state index in [-0.39, 0.29) is 31.1 Å². The number of hydrogen-bond acceptors (Lipinski definition) is 6. The van der Waals surface area contributed by atoms with Crippen molar-refractivity contribution in [3.63, 3.8) is 0 Å². The molecule has 0 saturated heterocycles. The number of hydrogen-bond donors (Lipinski definition) is 0. The first-order valence-electron chi connectivity index (χ1n) is 37.1. The molecule has 0 N–H and O–H groups in total. The van der Waals surface area contributed by atoms with Gasteiger partial charge in [-0.1, -0.05) is 358 Å². The Labute approximate surface area is 518 Å². The summed E-state index contributed by atoms with van der Waals surface area (Å²) in [5, 5.41) is 0. The third-order valence-corrected chi connectivity index (χ3v) is 16.8. The third-order valence-electron chi connectivity index (χ3n) is 16.8. The van der Waals surface area contributed by atoms with Crippen molar-refractivity contribution in [2.75, 3.05) is 13.2 Å². The Hall–Kier alpha value is -2.63. The molecule has 0 fully saturated rings. The number of ether oxygens (including phenoxy) is 3. The standard InChI is InChI=1S/C77H142O6/c1-4-7-10-13-16-19-22-25-28-30-31-32-33-34-35-36-37-38-39-40-41-42-43-44-45-47-49-52-55-58-61-64-67-70-76(79)82-73-74(72-81-75(78)69-66-63-60-57-54-51-48-27-24-21-18-15-12-9-6-3)83-77(80)71-68-65-62-59-56-53-50-46-29-26-23-20-17-14-11-8-5-2/h9,12,18,21,26-27,29,48,74H,4-8,10-11,13-17,19-20,22-25,28,30-47,49-73H2,1-3H3/b12-9-,21-18-,29-26-,48-27-. The Bertz CT molecular complexity index is 1430. The Morgan fingerprint density at radius 2 is 0.470 bits per heavy atom. The van der Waals surface area contributed by atoms with Gasteiger partial charge < -0.3 is 14.2 Å². The maximum absolute atomic E-state index is 12.9. The summed E-state index contributed by atoms with van der Waals surface area (Å²) in [6, 6.07) is 0. The van der Waals surface area contributed by atoms with Crippen LogP contribution in [0.1, 0.15) is 406 Å². The van der Waals surface area contributed by atoms with Gasteiger partial charge in [0.25, 0.3) is 0 Å². The quantitative estimate of drug-likeness (QED) is 0.0261. The van der Waals surface area contributed by atoms with Gasteiger partial charge in [0.15, 0.2) is 6.10 Å². The molecule has 1 atom stereocenters. The van der Waals surface area contributed by atoms with Gasteiger partial charge in [-0.2, -0.15) is 0 Å². The number of allylic oxidation sites excluding steroid dienone is 8. The average Bonchev–Trinajstić information content (AvgIpc) is 3.49. The molecule has 0 aromatic heterocycles. The van der Waals surface area contributed by atoms with Crippen molar-refractivity contribution in [1.82, 2.24) is 0 Å². The molecule has 0 spiro atoms. The number of unbranched alkanes of at least 4 members (excludes halogenated alkanes) is 50.